The van der Waals surface area contributed by atoms with E-state index >= 15 is 0 Å². The highest BCUT2D eigenvalue weighted by molar-refractivity contribution is 7.13. The average Bonchev–Trinajstić information content (AvgIpc) is 3.39. The van der Waals surface area contributed by atoms with Gasteiger partial charge in [-0.15, -0.1) is 11.3 Å². The van der Waals surface area contributed by atoms with Crippen LogP contribution in [0, 0.1) is 0 Å². The first-order valence-electron chi connectivity index (χ1n) is 9.37. The third-order valence-corrected chi connectivity index (χ3v) is 5.89. The van der Waals surface area contributed by atoms with Crippen molar-refractivity contribution in [2.75, 3.05) is 13.1 Å². The number of hydrogen-bond acceptors (Lipinski definition) is 4. The molecule has 144 valence electrons. The van der Waals surface area contributed by atoms with Gasteiger partial charge in [-0.2, -0.15) is 5.10 Å². The molecule has 0 bridgehead atoms. The van der Waals surface area contributed by atoms with Crippen LogP contribution in [-0.4, -0.2) is 45.6 Å². The first kappa shape index (κ1) is 18.4. The van der Waals surface area contributed by atoms with Crippen molar-refractivity contribution in [1.29, 1.82) is 0 Å². The van der Waals surface area contributed by atoms with Crippen molar-refractivity contribution in [3.8, 4) is 16.3 Å². The lowest BCUT2D eigenvalue weighted by molar-refractivity contribution is -0.129. The summed E-state index contributed by atoms with van der Waals surface area (Å²) in [6.45, 7) is 2.95. The molecule has 0 spiro atoms. The fourth-order valence-corrected chi connectivity index (χ4v) is 4.17. The minimum atomic E-state index is -0.119. The molecule has 7 heteroatoms. The van der Waals surface area contributed by atoms with Gasteiger partial charge in [-0.3, -0.25) is 9.59 Å². The maximum absolute atomic E-state index is 13.0. The molecule has 0 radical (unpaired) electrons. The zero-order chi connectivity index (χ0) is 19.5. The highest BCUT2D eigenvalue weighted by Gasteiger charge is 2.25. The molecule has 1 aromatic carbocycles. The molecule has 0 saturated carbocycles. The normalized spacial score (nSPS) is 14.8. The van der Waals surface area contributed by atoms with Crippen LogP contribution in [0.25, 0.3) is 16.3 Å². The van der Waals surface area contributed by atoms with Gasteiger partial charge in [0.15, 0.2) is 0 Å². The highest BCUT2D eigenvalue weighted by atomic mass is 32.1. The van der Waals surface area contributed by atoms with Crippen LogP contribution in [-0.2, 0) is 4.79 Å². The standard InChI is InChI=1S/C21H22N4O2S/c1-15(26)24-11-9-16(10-12-24)22-21(27)18-14-25(17-6-3-2-4-7-17)23-20(18)19-8-5-13-28-19/h2-8,13-14,16H,9-12H2,1H3,(H,22,27). The number of amides is 2. The number of nitrogens with zero attached hydrogens (tertiary/aromatic N) is 3. The van der Waals surface area contributed by atoms with Crippen molar-refractivity contribution in [1.82, 2.24) is 20.0 Å². The molecule has 3 aromatic rings. The van der Waals surface area contributed by atoms with Gasteiger partial charge in [-0.25, -0.2) is 4.68 Å². The Morgan fingerprint density at radius 3 is 2.50 bits per heavy atom. The topological polar surface area (TPSA) is 67.2 Å². The average molecular weight is 395 g/mol. The van der Waals surface area contributed by atoms with Gasteiger partial charge < -0.3 is 10.2 Å². The quantitative estimate of drug-likeness (QED) is 0.738. The van der Waals surface area contributed by atoms with Crippen molar-refractivity contribution in [2.24, 2.45) is 0 Å². The lowest BCUT2D eigenvalue weighted by atomic mass is 10.0. The van der Waals surface area contributed by atoms with E-state index in [1.165, 1.54) is 0 Å². The lowest BCUT2D eigenvalue weighted by Crippen LogP contribution is -2.46. The lowest BCUT2D eigenvalue weighted by Gasteiger charge is -2.31. The van der Waals surface area contributed by atoms with Gasteiger partial charge >= 0.3 is 0 Å². The summed E-state index contributed by atoms with van der Waals surface area (Å²) in [7, 11) is 0. The molecule has 1 N–H and O–H groups in total. The number of para-hydroxylation sites is 1. The molecular weight excluding hydrogens is 372 g/mol. The second-order valence-electron chi connectivity index (χ2n) is 6.90. The zero-order valence-corrected chi connectivity index (χ0v) is 16.5. The Labute approximate surface area is 167 Å². The number of nitrogens with one attached hydrogen (secondary N) is 1. The van der Waals surface area contributed by atoms with Gasteiger partial charge in [-0.05, 0) is 36.4 Å². The van der Waals surface area contributed by atoms with Crippen LogP contribution >= 0.6 is 11.3 Å². The maximum Gasteiger partial charge on any atom is 0.255 e. The van der Waals surface area contributed by atoms with E-state index < -0.39 is 0 Å². The molecule has 1 aliphatic rings. The summed E-state index contributed by atoms with van der Waals surface area (Å²) >= 11 is 1.57. The summed E-state index contributed by atoms with van der Waals surface area (Å²) < 4.78 is 1.75. The van der Waals surface area contributed by atoms with Gasteiger partial charge in [0.25, 0.3) is 5.91 Å². The van der Waals surface area contributed by atoms with Crippen LogP contribution in [0.3, 0.4) is 0 Å². The molecule has 6 nitrogen and oxygen atoms in total. The molecule has 28 heavy (non-hydrogen) atoms. The van der Waals surface area contributed by atoms with E-state index in [-0.39, 0.29) is 17.9 Å². The number of rotatable bonds is 4. The Hall–Kier alpha value is -2.93. The SMILES string of the molecule is CC(=O)N1CCC(NC(=O)c2cn(-c3ccccc3)nc2-c2cccs2)CC1. The maximum atomic E-state index is 13.0. The molecular formula is C21H22N4O2S. The first-order chi connectivity index (χ1) is 13.6. The minimum Gasteiger partial charge on any atom is -0.349 e. The van der Waals surface area contributed by atoms with Crippen LogP contribution in [0.1, 0.15) is 30.1 Å². The van der Waals surface area contributed by atoms with Gasteiger partial charge in [0.2, 0.25) is 5.91 Å². The third kappa shape index (κ3) is 3.84. The van der Waals surface area contributed by atoms with Crippen molar-refractivity contribution in [3.05, 3.63) is 59.6 Å². The molecule has 3 heterocycles. The van der Waals surface area contributed by atoms with Crippen LogP contribution in [0.15, 0.2) is 54.0 Å². The summed E-state index contributed by atoms with van der Waals surface area (Å²) in [5.74, 6) is -0.0271. The second-order valence-corrected chi connectivity index (χ2v) is 7.85. The van der Waals surface area contributed by atoms with E-state index in [0.29, 0.717) is 24.3 Å². The number of thiophene rings is 1. The van der Waals surface area contributed by atoms with Gasteiger partial charge in [-0.1, -0.05) is 24.3 Å². The van der Waals surface area contributed by atoms with E-state index in [0.717, 1.165) is 23.4 Å². The number of carbonyl (C=O) groups is 2. The van der Waals surface area contributed by atoms with Crippen LogP contribution < -0.4 is 5.32 Å². The van der Waals surface area contributed by atoms with Crippen LogP contribution in [0.4, 0.5) is 0 Å². The summed E-state index contributed by atoms with van der Waals surface area (Å²) in [6.07, 6.45) is 3.34. The number of benzene rings is 1. The molecule has 2 aromatic heterocycles. The summed E-state index contributed by atoms with van der Waals surface area (Å²) in [4.78, 5) is 27.3. The van der Waals surface area contributed by atoms with Crippen LogP contribution in [0.5, 0.6) is 0 Å². The van der Waals surface area contributed by atoms with Crippen molar-refractivity contribution in [2.45, 2.75) is 25.8 Å². The minimum absolute atomic E-state index is 0.0689. The molecule has 1 aliphatic heterocycles. The Balaban J connectivity index is 1.57. The monoisotopic (exact) mass is 394 g/mol. The largest absolute Gasteiger partial charge is 0.349 e. The van der Waals surface area contributed by atoms with Gasteiger partial charge in [0.05, 0.1) is 16.1 Å². The summed E-state index contributed by atoms with van der Waals surface area (Å²) in [5, 5.41) is 9.80. The number of aromatic nitrogens is 2. The zero-order valence-electron chi connectivity index (χ0n) is 15.7. The Morgan fingerprint density at radius 1 is 1.11 bits per heavy atom. The van der Waals surface area contributed by atoms with Gasteiger partial charge in [0.1, 0.15) is 5.69 Å². The Bertz CT molecular complexity index is 958. The highest BCUT2D eigenvalue weighted by Crippen LogP contribution is 2.28. The molecule has 2 amide bonds. The summed E-state index contributed by atoms with van der Waals surface area (Å²) in [5.41, 5.74) is 2.17. The van der Waals surface area contributed by atoms with E-state index in [1.54, 1.807) is 29.1 Å². The molecule has 0 unspecified atom stereocenters. The molecule has 1 fully saturated rings. The van der Waals surface area contributed by atoms with Crippen molar-refractivity contribution < 1.29 is 9.59 Å². The van der Waals surface area contributed by atoms with Crippen molar-refractivity contribution >= 4 is 23.2 Å². The van der Waals surface area contributed by atoms with Crippen molar-refractivity contribution in [3.63, 3.8) is 0 Å². The van der Waals surface area contributed by atoms with E-state index in [1.807, 2.05) is 52.7 Å². The van der Waals surface area contributed by atoms with E-state index in [2.05, 4.69) is 10.4 Å². The number of hydrogen-bond donors (Lipinski definition) is 1. The third-order valence-electron chi connectivity index (χ3n) is 5.01. The predicted octanol–water partition coefficient (Wildman–Crippen LogP) is 3.34. The Kier molecular flexibility index (Phi) is 5.25. The predicted molar refractivity (Wildman–Crippen MR) is 110 cm³/mol. The van der Waals surface area contributed by atoms with Crippen LogP contribution in [0.2, 0.25) is 0 Å². The molecule has 4 rings (SSSR count). The molecule has 1 saturated heterocycles. The number of likely N-dealkylation sites (tertiary alicyclic amines) is 1. The smallest absolute Gasteiger partial charge is 0.255 e. The summed E-state index contributed by atoms with van der Waals surface area (Å²) in [6, 6.07) is 13.8. The number of piperidine rings is 1. The fourth-order valence-electron chi connectivity index (χ4n) is 3.45. The Morgan fingerprint density at radius 2 is 1.86 bits per heavy atom. The molecule has 0 aliphatic carbocycles. The number of carbonyl (C=O) groups excluding carboxylic acids is 2. The van der Waals surface area contributed by atoms with E-state index in [9.17, 15) is 9.59 Å². The van der Waals surface area contributed by atoms with Gasteiger partial charge in [0, 0.05) is 32.3 Å². The molecule has 0 atom stereocenters. The first-order valence-corrected chi connectivity index (χ1v) is 10.2. The fraction of sp³-hybridized carbons (Fsp3) is 0.286. The second kappa shape index (κ2) is 7.98. The van der Waals surface area contributed by atoms with E-state index in [4.69, 9.17) is 0 Å².